The molecule has 0 atom stereocenters. The highest BCUT2D eigenvalue weighted by molar-refractivity contribution is 5.32. The second kappa shape index (κ2) is 2.10. The molecule has 0 bridgehead atoms. The second-order valence-corrected chi connectivity index (χ2v) is 2.12. The van der Waals surface area contributed by atoms with Crippen molar-refractivity contribution in [3.05, 3.63) is 30.7 Å². The molecule has 2 rings (SSSR count). The lowest BCUT2D eigenvalue weighted by atomic mass is 10.5. The quantitative estimate of drug-likeness (QED) is 0.378. The summed E-state index contributed by atoms with van der Waals surface area (Å²) in [6.07, 6.45) is 10.6. The van der Waals surface area contributed by atoms with Crippen molar-refractivity contribution in [2.24, 2.45) is 0 Å². The molecule has 0 aromatic carbocycles. The Kier molecular flexibility index (Phi) is 1.13. The van der Waals surface area contributed by atoms with Gasteiger partial charge in [0.1, 0.15) is 12.2 Å². The van der Waals surface area contributed by atoms with Crippen LogP contribution in [0.1, 0.15) is 0 Å². The van der Waals surface area contributed by atoms with E-state index in [-0.39, 0.29) is 0 Å². The summed E-state index contributed by atoms with van der Waals surface area (Å²) in [5.41, 5.74) is 0.898. The minimum atomic E-state index is 0.898. The van der Waals surface area contributed by atoms with Gasteiger partial charge in [-0.1, -0.05) is 11.5 Å². The van der Waals surface area contributed by atoms with Gasteiger partial charge in [-0.05, 0) is 6.07 Å². The molecule has 0 aliphatic carbocycles. The van der Waals surface area contributed by atoms with Crippen molar-refractivity contribution >= 4 is 5.65 Å². The molecule has 0 aliphatic heterocycles. The van der Waals surface area contributed by atoms with E-state index in [4.69, 9.17) is 6.42 Å². The predicted octanol–water partition coefficient (Wildman–Crippen LogP) is 0.0606. The average molecular weight is 144 g/mol. The fraction of sp³-hybridized carbons (Fsp3) is 0. The number of terminal acetylenes is 1. The van der Waals surface area contributed by atoms with Crippen LogP contribution in [0.5, 0.6) is 0 Å². The van der Waals surface area contributed by atoms with Crippen molar-refractivity contribution in [2.75, 3.05) is 0 Å². The SMILES string of the molecule is C#Cn1cc[n+]2ncccc12. The van der Waals surface area contributed by atoms with Crippen molar-refractivity contribution in [1.29, 1.82) is 0 Å². The van der Waals surface area contributed by atoms with Crippen molar-refractivity contribution in [3.8, 4) is 12.5 Å². The highest BCUT2D eigenvalue weighted by atomic mass is 15.3. The maximum atomic E-state index is 5.23. The maximum Gasteiger partial charge on any atom is 0.320 e. The Hall–Kier alpha value is -1.82. The van der Waals surface area contributed by atoms with Crippen LogP contribution in [0.2, 0.25) is 0 Å². The predicted molar refractivity (Wildman–Crippen MR) is 39.6 cm³/mol. The highest BCUT2D eigenvalue weighted by Crippen LogP contribution is 1.92. The molecule has 0 fully saturated rings. The fourth-order valence-electron chi connectivity index (χ4n) is 0.996. The highest BCUT2D eigenvalue weighted by Gasteiger charge is 2.05. The van der Waals surface area contributed by atoms with Crippen LogP contribution in [0.4, 0.5) is 0 Å². The normalized spacial score (nSPS) is 9.73. The zero-order chi connectivity index (χ0) is 7.68. The molecule has 3 heteroatoms. The Balaban J connectivity index is 2.89. The van der Waals surface area contributed by atoms with Gasteiger partial charge in [-0.2, -0.15) is 0 Å². The number of aromatic nitrogens is 3. The molecule has 11 heavy (non-hydrogen) atoms. The van der Waals surface area contributed by atoms with Crippen LogP contribution < -0.4 is 4.52 Å². The minimum absolute atomic E-state index is 0.898. The van der Waals surface area contributed by atoms with Gasteiger partial charge < -0.3 is 0 Å². The summed E-state index contributed by atoms with van der Waals surface area (Å²) in [7, 11) is 0. The number of hydrogen-bond donors (Lipinski definition) is 0. The lowest BCUT2D eigenvalue weighted by Gasteiger charge is -1.81. The summed E-state index contributed by atoms with van der Waals surface area (Å²) >= 11 is 0. The first-order valence-electron chi connectivity index (χ1n) is 3.22. The van der Waals surface area contributed by atoms with Gasteiger partial charge in [-0.15, -0.1) is 9.08 Å². The molecule has 0 amide bonds. The average Bonchev–Trinajstić information content (AvgIpc) is 2.47. The van der Waals surface area contributed by atoms with Gasteiger partial charge in [0.25, 0.3) is 0 Å². The summed E-state index contributed by atoms with van der Waals surface area (Å²) in [4.78, 5) is 0. The summed E-state index contributed by atoms with van der Waals surface area (Å²) in [5, 5.41) is 4.05. The maximum absolute atomic E-state index is 5.23. The smallest absolute Gasteiger partial charge is 0.148 e. The van der Waals surface area contributed by atoms with Crippen LogP contribution >= 0.6 is 0 Å². The van der Waals surface area contributed by atoms with Gasteiger partial charge >= 0.3 is 5.65 Å². The van der Waals surface area contributed by atoms with Gasteiger partial charge in [0, 0.05) is 6.07 Å². The fourth-order valence-corrected chi connectivity index (χ4v) is 0.996. The summed E-state index contributed by atoms with van der Waals surface area (Å²) in [5.74, 6) is 0. The van der Waals surface area contributed by atoms with Crippen LogP contribution in [0.3, 0.4) is 0 Å². The zero-order valence-electron chi connectivity index (χ0n) is 5.81. The molecule has 0 spiro atoms. The number of imidazole rings is 1. The molecule has 0 unspecified atom stereocenters. The van der Waals surface area contributed by atoms with E-state index in [9.17, 15) is 0 Å². The van der Waals surface area contributed by atoms with Crippen molar-refractivity contribution in [3.63, 3.8) is 0 Å². The van der Waals surface area contributed by atoms with E-state index in [0.29, 0.717) is 0 Å². The third-order valence-corrected chi connectivity index (χ3v) is 1.50. The largest absolute Gasteiger partial charge is 0.320 e. The molecular weight excluding hydrogens is 138 g/mol. The van der Waals surface area contributed by atoms with E-state index in [0.717, 1.165) is 5.65 Å². The van der Waals surface area contributed by atoms with Gasteiger partial charge in [-0.3, -0.25) is 0 Å². The summed E-state index contributed by atoms with van der Waals surface area (Å²) in [6.45, 7) is 0. The number of fused-ring (bicyclic) bond motifs is 1. The van der Waals surface area contributed by atoms with Crippen LogP contribution in [0.25, 0.3) is 5.65 Å². The van der Waals surface area contributed by atoms with E-state index >= 15 is 0 Å². The van der Waals surface area contributed by atoms with E-state index in [2.05, 4.69) is 11.1 Å². The molecule has 0 radical (unpaired) electrons. The first kappa shape index (κ1) is 5.93. The zero-order valence-corrected chi connectivity index (χ0v) is 5.81. The minimum Gasteiger partial charge on any atom is -0.148 e. The number of hydrogen-bond acceptors (Lipinski definition) is 1. The molecular formula is C8H6N3+. The molecule has 52 valence electrons. The van der Waals surface area contributed by atoms with Gasteiger partial charge in [0.15, 0.2) is 6.20 Å². The molecule has 0 saturated heterocycles. The molecule has 0 saturated carbocycles. The topological polar surface area (TPSA) is 21.9 Å². The Labute approximate surface area is 63.9 Å². The number of rotatable bonds is 0. The first-order valence-corrected chi connectivity index (χ1v) is 3.22. The lowest BCUT2D eigenvalue weighted by molar-refractivity contribution is -0.579. The lowest BCUT2D eigenvalue weighted by Crippen LogP contribution is -2.23. The van der Waals surface area contributed by atoms with Crippen molar-refractivity contribution in [1.82, 2.24) is 9.67 Å². The Morgan fingerprint density at radius 1 is 1.64 bits per heavy atom. The third-order valence-electron chi connectivity index (χ3n) is 1.50. The standard InChI is InChI=1S/C8H6N3/c1-2-10-6-7-11-8(10)4-3-5-9-11/h1,3-7H/q+1. The Bertz CT molecular complexity index is 422. The number of nitrogens with zero attached hydrogens (tertiary/aromatic N) is 3. The van der Waals surface area contributed by atoms with Crippen molar-refractivity contribution in [2.45, 2.75) is 0 Å². The summed E-state index contributed by atoms with van der Waals surface area (Å²) in [6, 6.07) is 6.27. The Morgan fingerprint density at radius 2 is 2.55 bits per heavy atom. The molecule has 0 N–H and O–H groups in total. The summed E-state index contributed by atoms with van der Waals surface area (Å²) < 4.78 is 3.40. The van der Waals surface area contributed by atoms with E-state index in [1.54, 1.807) is 21.5 Å². The molecule has 2 aromatic heterocycles. The molecule has 0 aliphatic rings. The Morgan fingerprint density at radius 3 is 3.36 bits per heavy atom. The van der Waals surface area contributed by atoms with E-state index in [1.165, 1.54) is 0 Å². The third kappa shape index (κ3) is 0.767. The molecule has 2 aromatic rings. The van der Waals surface area contributed by atoms with Gasteiger partial charge in [0.05, 0.1) is 6.20 Å². The second-order valence-electron chi connectivity index (χ2n) is 2.12. The molecule has 2 heterocycles. The van der Waals surface area contributed by atoms with Crippen LogP contribution in [-0.4, -0.2) is 9.67 Å². The molecule has 3 nitrogen and oxygen atoms in total. The van der Waals surface area contributed by atoms with Crippen LogP contribution in [-0.2, 0) is 0 Å². The van der Waals surface area contributed by atoms with E-state index in [1.807, 2.05) is 18.3 Å². The van der Waals surface area contributed by atoms with Gasteiger partial charge in [0.2, 0.25) is 0 Å². The van der Waals surface area contributed by atoms with Gasteiger partial charge in [-0.25, -0.2) is 0 Å². The van der Waals surface area contributed by atoms with Crippen LogP contribution in [0, 0.1) is 12.5 Å². The van der Waals surface area contributed by atoms with Crippen molar-refractivity contribution < 1.29 is 4.52 Å². The first-order chi connectivity index (χ1) is 5.42. The van der Waals surface area contributed by atoms with Crippen LogP contribution in [0.15, 0.2) is 30.7 Å². The van der Waals surface area contributed by atoms with E-state index < -0.39 is 0 Å². The monoisotopic (exact) mass is 144 g/mol.